The molecule has 4 heteroatoms. The minimum Gasteiger partial charge on any atom is -0.462 e. The minimum absolute atomic E-state index is 0.0397. The van der Waals surface area contributed by atoms with Crippen LogP contribution in [0.15, 0.2) is 42.0 Å². The SMILES string of the molecule is CCOC(=O)C(C(=O)OCC)=C1C=CCc2ccccc21. The Hall–Kier alpha value is -2.36. The zero-order valence-corrected chi connectivity index (χ0v) is 12.2. The Bertz CT molecular complexity index is 591. The van der Waals surface area contributed by atoms with Gasteiger partial charge in [0.2, 0.25) is 0 Å². The van der Waals surface area contributed by atoms with Gasteiger partial charge in [-0.3, -0.25) is 0 Å². The number of allylic oxidation sites excluding steroid dienone is 3. The molecule has 2 rings (SSSR count). The second kappa shape index (κ2) is 6.88. The third-order valence-electron chi connectivity index (χ3n) is 3.16. The monoisotopic (exact) mass is 286 g/mol. The molecule has 1 aliphatic rings. The van der Waals surface area contributed by atoms with E-state index >= 15 is 0 Å². The van der Waals surface area contributed by atoms with Crippen molar-refractivity contribution in [1.82, 2.24) is 0 Å². The topological polar surface area (TPSA) is 52.6 Å². The molecule has 0 saturated carbocycles. The summed E-state index contributed by atoms with van der Waals surface area (Å²) in [4.78, 5) is 24.3. The van der Waals surface area contributed by atoms with Crippen molar-refractivity contribution in [2.45, 2.75) is 20.3 Å². The van der Waals surface area contributed by atoms with Crippen molar-refractivity contribution in [2.24, 2.45) is 0 Å². The Morgan fingerprint density at radius 3 is 2.29 bits per heavy atom. The van der Waals surface area contributed by atoms with Crippen LogP contribution in [0.5, 0.6) is 0 Å². The van der Waals surface area contributed by atoms with Gasteiger partial charge in [-0.25, -0.2) is 9.59 Å². The summed E-state index contributed by atoms with van der Waals surface area (Å²) >= 11 is 0. The molecule has 0 spiro atoms. The second-order valence-electron chi connectivity index (χ2n) is 4.49. The first-order valence-electron chi connectivity index (χ1n) is 7.02. The van der Waals surface area contributed by atoms with E-state index in [4.69, 9.17) is 9.47 Å². The van der Waals surface area contributed by atoms with E-state index in [9.17, 15) is 9.59 Å². The third kappa shape index (κ3) is 3.21. The smallest absolute Gasteiger partial charge is 0.346 e. The van der Waals surface area contributed by atoms with Crippen molar-refractivity contribution < 1.29 is 19.1 Å². The summed E-state index contributed by atoms with van der Waals surface area (Å²) in [6.45, 7) is 3.83. The van der Waals surface area contributed by atoms with Crippen LogP contribution in [-0.2, 0) is 25.5 Å². The van der Waals surface area contributed by atoms with Crippen LogP contribution in [0, 0.1) is 0 Å². The molecule has 0 bridgehead atoms. The van der Waals surface area contributed by atoms with Crippen LogP contribution in [0.2, 0.25) is 0 Å². The lowest BCUT2D eigenvalue weighted by Gasteiger charge is -2.17. The zero-order valence-electron chi connectivity index (χ0n) is 12.2. The summed E-state index contributed by atoms with van der Waals surface area (Å²) in [6, 6.07) is 7.69. The lowest BCUT2D eigenvalue weighted by atomic mass is 9.89. The molecular formula is C17H18O4. The van der Waals surface area contributed by atoms with Gasteiger partial charge < -0.3 is 9.47 Å². The molecule has 0 heterocycles. The average molecular weight is 286 g/mol. The number of carbonyl (C=O) groups excluding carboxylic acids is 2. The number of benzene rings is 1. The van der Waals surface area contributed by atoms with Gasteiger partial charge in [-0.2, -0.15) is 0 Å². The predicted molar refractivity (Wildman–Crippen MR) is 79.5 cm³/mol. The van der Waals surface area contributed by atoms with Gasteiger partial charge in [-0.15, -0.1) is 0 Å². The molecule has 0 atom stereocenters. The number of hydrogen-bond acceptors (Lipinski definition) is 4. The van der Waals surface area contributed by atoms with Crippen molar-refractivity contribution in [2.75, 3.05) is 13.2 Å². The summed E-state index contributed by atoms with van der Waals surface area (Å²) in [6.07, 6.45) is 4.49. The molecule has 0 aliphatic heterocycles. The van der Waals surface area contributed by atoms with Gasteiger partial charge >= 0.3 is 11.9 Å². The fourth-order valence-corrected chi connectivity index (χ4v) is 2.28. The van der Waals surface area contributed by atoms with Crippen LogP contribution in [-0.4, -0.2) is 25.2 Å². The van der Waals surface area contributed by atoms with Gasteiger partial charge in [0.1, 0.15) is 0 Å². The quantitative estimate of drug-likeness (QED) is 0.369. The summed E-state index contributed by atoms with van der Waals surface area (Å²) in [5, 5.41) is 0. The number of esters is 2. The maximum absolute atomic E-state index is 12.2. The van der Waals surface area contributed by atoms with Crippen molar-refractivity contribution in [1.29, 1.82) is 0 Å². The Balaban J connectivity index is 2.56. The molecule has 0 unspecified atom stereocenters. The maximum Gasteiger partial charge on any atom is 0.346 e. The highest BCUT2D eigenvalue weighted by Crippen LogP contribution is 2.29. The van der Waals surface area contributed by atoms with E-state index in [2.05, 4.69) is 0 Å². The Kier molecular flexibility index (Phi) is 4.93. The van der Waals surface area contributed by atoms with Crippen LogP contribution in [0.1, 0.15) is 25.0 Å². The Morgan fingerprint density at radius 1 is 1.05 bits per heavy atom. The molecule has 0 fully saturated rings. The summed E-state index contributed by atoms with van der Waals surface area (Å²) in [5.74, 6) is -1.29. The number of hydrogen-bond donors (Lipinski definition) is 0. The zero-order chi connectivity index (χ0) is 15.2. The van der Waals surface area contributed by atoms with E-state index in [0.29, 0.717) is 5.57 Å². The summed E-state index contributed by atoms with van der Waals surface area (Å²) in [7, 11) is 0. The molecule has 110 valence electrons. The highest BCUT2D eigenvalue weighted by atomic mass is 16.6. The first kappa shape index (κ1) is 15.0. The van der Waals surface area contributed by atoms with Gasteiger partial charge in [0.15, 0.2) is 5.57 Å². The number of carbonyl (C=O) groups is 2. The first-order valence-corrected chi connectivity index (χ1v) is 7.02. The van der Waals surface area contributed by atoms with E-state index in [1.807, 2.05) is 30.3 Å². The summed E-state index contributed by atoms with van der Waals surface area (Å²) in [5.41, 5.74) is 2.47. The lowest BCUT2D eigenvalue weighted by molar-refractivity contribution is -0.146. The standard InChI is InChI=1S/C17H18O4/c1-3-20-16(18)15(17(19)21-4-2)14-11-7-9-12-8-5-6-10-13(12)14/h5-8,10-11H,3-4,9H2,1-2H3. The van der Waals surface area contributed by atoms with Gasteiger partial charge in [0, 0.05) is 5.57 Å². The molecule has 1 aromatic carbocycles. The molecule has 4 nitrogen and oxygen atoms in total. The molecule has 0 saturated heterocycles. The van der Waals surface area contributed by atoms with Gasteiger partial charge in [0.25, 0.3) is 0 Å². The average Bonchev–Trinajstić information content (AvgIpc) is 2.48. The Labute approximate surface area is 124 Å². The third-order valence-corrected chi connectivity index (χ3v) is 3.16. The van der Waals surface area contributed by atoms with Crippen LogP contribution in [0.25, 0.3) is 5.57 Å². The highest BCUT2D eigenvalue weighted by molar-refractivity contribution is 6.21. The van der Waals surface area contributed by atoms with Crippen LogP contribution >= 0.6 is 0 Å². The molecule has 0 amide bonds. The largest absolute Gasteiger partial charge is 0.462 e. The second-order valence-corrected chi connectivity index (χ2v) is 4.49. The van der Waals surface area contributed by atoms with Crippen LogP contribution in [0.4, 0.5) is 0 Å². The van der Waals surface area contributed by atoms with E-state index in [1.165, 1.54) is 0 Å². The molecule has 21 heavy (non-hydrogen) atoms. The lowest BCUT2D eigenvalue weighted by Crippen LogP contribution is -2.20. The number of rotatable bonds is 4. The minimum atomic E-state index is -0.646. The fraction of sp³-hybridized carbons (Fsp3) is 0.294. The van der Waals surface area contributed by atoms with Crippen molar-refractivity contribution in [3.05, 3.63) is 53.1 Å². The normalized spacial score (nSPS) is 12.6. The van der Waals surface area contributed by atoms with Crippen molar-refractivity contribution in [3.63, 3.8) is 0 Å². The molecule has 1 aliphatic carbocycles. The molecule has 0 aromatic heterocycles. The molecule has 0 radical (unpaired) electrons. The first-order chi connectivity index (χ1) is 10.2. The summed E-state index contributed by atoms with van der Waals surface area (Å²) < 4.78 is 10.0. The highest BCUT2D eigenvalue weighted by Gasteiger charge is 2.27. The van der Waals surface area contributed by atoms with Gasteiger partial charge in [0.05, 0.1) is 13.2 Å². The number of ether oxygens (including phenoxy) is 2. The molecule has 0 N–H and O–H groups in total. The van der Waals surface area contributed by atoms with Crippen molar-refractivity contribution >= 4 is 17.5 Å². The van der Waals surface area contributed by atoms with Crippen LogP contribution < -0.4 is 0 Å². The fourth-order valence-electron chi connectivity index (χ4n) is 2.28. The Morgan fingerprint density at radius 2 is 1.67 bits per heavy atom. The van der Waals surface area contributed by atoms with E-state index < -0.39 is 11.9 Å². The van der Waals surface area contributed by atoms with Gasteiger partial charge in [-0.05, 0) is 31.4 Å². The van der Waals surface area contributed by atoms with Crippen molar-refractivity contribution in [3.8, 4) is 0 Å². The van der Waals surface area contributed by atoms with Gasteiger partial charge in [-0.1, -0.05) is 36.4 Å². The van der Waals surface area contributed by atoms with E-state index in [1.54, 1.807) is 19.9 Å². The predicted octanol–water partition coefficient (Wildman–Crippen LogP) is 2.68. The number of fused-ring (bicyclic) bond motifs is 1. The molecular weight excluding hydrogens is 268 g/mol. The van der Waals surface area contributed by atoms with E-state index in [-0.39, 0.29) is 18.8 Å². The van der Waals surface area contributed by atoms with E-state index in [0.717, 1.165) is 17.5 Å². The molecule has 1 aromatic rings. The maximum atomic E-state index is 12.2. The van der Waals surface area contributed by atoms with Crippen LogP contribution in [0.3, 0.4) is 0 Å².